The van der Waals surface area contributed by atoms with Gasteiger partial charge in [-0.1, -0.05) is 46.8 Å². The third-order valence-electron chi connectivity index (χ3n) is 3.73. The molecule has 0 unspecified atom stereocenters. The van der Waals surface area contributed by atoms with Gasteiger partial charge in [-0.3, -0.25) is 4.79 Å². The van der Waals surface area contributed by atoms with Crippen molar-refractivity contribution in [2.45, 2.75) is 6.92 Å². The van der Waals surface area contributed by atoms with Crippen LogP contribution in [0, 0.1) is 19.3 Å². The summed E-state index contributed by atoms with van der Waals surface area (Å²) in [6, 6.07) is 8.72. The summed E-state index contributed by atoms with van der Waals surface area (Å²) < 4.78 is 5.33. The summed E-state index contributed by atoms with van der Waals surface area (Å²) in [6.07, 6.45) is 6.86. The van der Waals surface area contributed by atoms with Crippen molar-refractivity contribution >= 4 is 69.4 Å². The minimum Gasteiger partial charge on any atom is -0.478 e. The predicted octanol–water partition coefficient (Wildman–Crippen LogP) is 5.86. The molecule has 3 rings (SSSR count). The van der Waals surface area contributed by atoms with Crippen LogP contribution in [0.1, 0.15) is 11.1 Å². The molecule has 0 saturated carbocycles. The molecular weight excluding hydrogens is 439 g/mol. The number of amidine groups is 1. The first-order valence-corrected chi connectivity index (χ1v) is 9.94. The van der Waals surface area contributed by atoms with Crippen molar-refractivity contribution in [2.24, 2.45) is 4.99 Å². The van der Waals surface area contributed by atoms with Crippen LogP contribution < -0.4 is 10.1 Å². The molecule has 1 N–H and O–H groups in total. The van der Waals surface area contributed by atoms with E-state index in [0.717, 1.165) is 5.56 Å². The number of rotatable bonds is 4. The molecule has 1 heterocycles. The quantitative estimate of drug-likeness (QED) is 0.468. The van der Waals surface area contributed by atoms with E-state index in [1.807, 2.05) is 13.0 Å². The van der Waals surface area contributed by atoms with Gasteiger partial charge in [-0.05, 0) is 60.2 Å². The SMILES string of the molecule is C#CCOc1c(Cl)cc(/C=C2/SC(=Nc3cccc(Cl)c3C)NC2=O)cc1Cl. The molecule has 28 heavy (non-hydrogen) atoms. The Balaban J connectivity index is 1.86. The fraction of sp³-hybridized carbons (Fsp3) is 0.100. The molecular formula is C20H13Cl3N2O2S. The largest absolute Gasteiger partial charge is 0.478 e. The number of amides is 1. The van der Waals surface area contributed by atoms with E-state index in [2.05, 4.69) is 16.2 Å². The number of halogens is 3. The highest BCUT2D eigenvalue weighted by Gasteiger charge is 2.24. The lowest BCUT2D eigenvalue weighted by Gasteiger charge is -2.08. The highest BCUT2D eigenvalue weighted by Crippen LogP contribution is 2.36. The first kappa shape index (κ1) is 20.6. The summed E-state index contributed by atoms with van der Waals surface area (Å²) in [4.78, 5) is 17.2. The molecule has 1 amide bonds. The molecule has 0 atom stereocenters. The van der Waals surface area contributed by atoms with Crippen molar-refractivity contribution in [3.63, 3.8) is 0 Å². The van der Waals surface area contributed by atoms with Crippen LogP contribution in [0.3, 0.4) is 0 Å². The van der Waals surface area contributed by atoms with Crippen LogP contribution in [0.5, 0.6) is 5.75 Å². The second-order valence-corrected chi connectivity index (χ2v) is 7.92. The molecule has 0 bridgehead atoms. The highest BCUT2D eigenvalue weighted by molar-refractivity contribution is 8.18. The van der Waals surface area contributed by atoms with Gasteiger partial charge < -0.3 is 10.1 Å². The number of hydrogen-bond donors (Lipinski definition) is 1. The van der Waals surface area contributed by atoms with Gasteiger partial charge in [-0.25, -0.2) is 4.99 Å². The van der Waals surface area contributed by atoms with Crippen molar-refractivity contribution in [1.82, 2.24) is 5.32 Å². The third kappa shape index (κ3) is 4.65. The summed E-state index contributed by atoms with van der Waals surface area (Å²) in [5.74, 6) is 2.40. The zero-order valence-corrected chi connectivity index (χ0v) is 17.6. The minimum absolute atomic E-state index is 0.0564. The van der Waals surface area contributed by atoms with E-state index in [9.17, 15) is 4.79 Å². The van der Waals surface area contributed by atoms with Crippen LogP contribution in [0.4, 0.5) is 5.69 Å². The van der Waals surface area contributed by atoms with Crippen molar-refractivity contribution < 1.29 is 9.53 Å². The van der Waals surface area contributed by atoms with Crippen molar-refractivity contribution in [3.05, 3.63) is 61.4 Å². The maximum absolute atomic E-state index is 12.3. The predicted molar refractivity (Wildman–Crippen MR) is 118 cm³/mol. The molecule has 1 aliphatic heterocycles. The first-order valence-electron chi connectivity index (χ1n) is 7.99. The number of hydrogen-bond acceptors (Lipinski definition) is 4. The Hall–Kier alpha value is -2.10. The number of benzene rings is 2. The van der Waals surface area contributed by atoms with E-state index in [-0.39, 0.29) is 12.5 Å². The molecule has 0 aromatic heterocycles. The molecule has 1 fully saturated rings. The second kappa shape index (κ2) is 8.93. The Bertz CT molecular complexity index is 1030. The number of nitrogens with zero attached hydrogens (tertiary/aromatic N) is 1. The molecule has 0 radical (unpaired) electrons. The molecule has 4 nitrogen and oxygen atoms in total. The van der Waals surface area contributed by atoms with Crippen LogP contribution >= 0.6 is 46.6 Å². The summed E-state index contributed by atoms with van der Waals surface area (Å²) in [6.45, 7) is 1.93. The number of carbonyl (C=O) groups excluding carboxylic acids is 1. The highest BCUT2D eigenvalue weighted by atomic mass is 35.5. The fourth-order valence-electron chi connectivity index (χ4n) is 2.37. The summed E-state index contributed by atoms with van der Waals surface area (Å²) in [7, 11) is 0. The van der Waals surface area contributed by atoms with Crippen molar-refractivity contribution in [2.75, 3.05) is 6.61 Å². The van der Waals surface area contributed by atoms with Gasteiger partial charge in [0.05, 0.1) is 20.6 Å². The monoisotopic (exact) mass is 450 g/mol. The Labute approximate surface area is 181 Å². The van der Waals surface area contributed by atoms with E-state index in [0.29, 0.717) is 42.1 Å². The van der Waals surface area contributed by atoms with Crippen LogP contribution in [-0.2, 0) is 4.79 Å². The maximum Gasteiger partial charge on any atom is 0.264 e. The lowest BCUT2D eigenvalue weighted by molar-refractivity contribution is -0.115. The minimum atomic E-state index is -0.261. The summed E-state index contributed by atoms with van der Waals surface area (Å²) in [5.41, 5.74) is 2.18. The zero-order chi connectivity index (χ0) is 20.3. The Kier molecular flexibility index (Phi) is 6.58. The molecule has 8 heteroatoms. The fourth-order valence-corrected chi connectivity index (χ4v) is 3.99. The third-order valence-corrected chi connectivity index (χ3v) is 5.61. The van der Waals surface area contributed by atoms with Crippen LogP contribution in [0.25, 0.3) is 6.08 Å². The van der Waals surface area contributed by atoms with Gasteiger partial charge in [0.15, 0.2) is 10.9 Å². The lowest BCUT2D eigenvalue weighted by atomic mass is 10.2. The van der Waals surface area contributed by atoms with Gasteiger partial charge in [0.1, 0.15) is 6.61 Å². The van der Waals surface area contributed by atoms with E-state index < -0.39 is 0 Å². The van der Waals surface area contributed by atoms with Gasteiger partial charge in [0, 0.05) is 5.02 Å². The molecule has 0 aliphatic carbocycles. The second-order valence-electron chi connectivity index (χ2n) is 5.67. The topological polar surface area (TPSA) is 50.7 Å². The molecule has 1 aliphatic rings. The van der Waals surface area contributed by atoms with E-state index in [1.54, 1.807) is 30.3 Å². The lowest BCUT2D eigenvalue weighted by Crippen LogP contribution is -2.19. The van der Waals surface area contributed by atoms with Gasteiger partial charge in [-0.2, -0.15) is 0 Å². The summed E-state index contributed by atoms with van der Waals surface area (Å²) in [5, 5.41) is 4.43. The van der Waals surface area contributed by atoms with E-state index >= 15 is 0 Å². The molecule has 2 aromatic rings. The Morgan fingerprint density at radius 2 is 1.96 bits per heavy atom. The van der Waals surface area contributed by atoms with Gasteiger partial charge in [-0.15, -0.1) is 6.42 Å². The van der Waals surface area contributed by atoms with Crippen LogP contribution in [-0.4, -0.2) is 17.7 Å². The zero-order valence-electron chi connectivity index (χ0n) is 14.6. The number of terminal acetylenes is 1. The van der Waals surface area contributed by atoms with Crippen LogP contribution in [0.2, 0.25) is 15.1 Å². The number of ether oxygens (including phenoxy) is 1. The standard InChI is InChI=1S/C20H13Cl3N2O2S/c1-3-7-27-18-14(22)8-12(9-15(18)23)10-17-19(26)25-20(28-17)24-16-6-4-5-13(21)11(16)2/h1,4-6,8-10H,7H2,2H3,(H,24,25,26)/b17-10+. The number of nitrogens with one attached hydrogen (secondary N) is 1. The van der Waals surface area contributed by atoms with Gasteiger partial charge in [0.2, 0.25) is 0 Å². The normalized spacial score (nSPS) is 16.3. The average molecular weight is 452 g/mol. The average Bonchev–Trinajstić information content (AvgIpc) is 2.97. The Morgan fingerprint density at radius 1 is 1.25 bits per heavy atom. The van der Waals surface area contributed by atoms with Gasteiger partial charge >= 0.3 is 0 Å². The first-order chi connectivity index (χ1) is 13.4. The maximum atomic E-state index is 12.3. The molecule has 0 spiro atoms. The molecule has 2 aromatic carbocycles. The smallest absolute Gasteiger partial charge is 0.264 e. The van der Waals surface area contributed by atoms with Crippen molar-refractivity contribution in [1.29, 1.82) is 0 Å². The molecule has 142 valence electrons. The summed E-state index contributed by atoms with van der Waals surface area (Å²) >= 11 is 19.8. The number of carbonyl (C=O) groups is 1. The van der Waals surface area contributed by atoms with Crippen LogP contribution in [0.15, 0.2) is 40.2 Å². The van der Waals surface area contributed by atoms with Crippen molar-refractivity contribution in [3.8, 4) is 18.1 Å². The number of aliphatic imine (C=N–C) groups is 1. The van der Waals surface area contributed by atoms with E-state index in [4.69, 9.17) is 46.0 Å². The van der Waals surface area contributed by atoms with Gasteiger partial charge in [0.25, 0.3) is 5.91 Å². The molecule has 1 saturated heterocycles. The number of thioether (sulfide) groups is 1. The Morgan fingerprint density at radius 3 is 2.64 bits per heavy atom. The van der Waals surface area contributed by atoms with E-state index in [1.165, 1.54) is 11.8 Å².